The molecule has 5 nitrogen and oxygen atoms in total. The van der Waals surface area contributed by atoms with Crippen molar-refractivity contribution < 1.29 is 22.7 Å². The van der Waals surface area contributed by atoms with Gasteiger partial charge < -0.3 is 10.5 Å². The molecule has 146 valence electrons. The predicted octanol–water partition coefficient (Wildman–Crippen LogP) is 4.10. The number of aromatic nitrogens is 1. The standard InChI is InChI=1S/C19H15F3N2O3S/c1-27-18(26)15-16(23)13-8-3-10(19(20,21)22)9-14(13)24(17(15)25)11-4-6-12(28-2)7-5-11/h3-9H,23H2,1-2H3. The third-order valence-electron chi connectivity index (χ3n) is 4.26. The van der Waals surface area contributed by atoms with Crippen LogP contribution in [0.3, 0.4) is 0 Å². The van der Waals surface area contributed by atoms with E-state index in [4.69, 9.17) is 5.73 Å². The molecule has 28 heavy (non-hydrogen) atoms. The number of alkyl halides is 3. The van der Waals surface area contributed by atoms with E-state index in [2.05, 4.69) is 4.74 Å². The lowest BCUT2D eigenvalue weighted by atomic mass is 10.1. The highest BCUT2D eigenvalue weighted by Gasteiger charge is 2.32. The Balaban J connectivity index is 2.46. The van der Waals surface area contributed by atoms with E-state index >= 15 is 0 Å². The second kappa shape index (κ2) is 7.23. The van der Waals surface area contributed by atoms with Gasteiger partial charge in [0.15, 0.2) is 0 Å². The molecule has 0 saturated carbocycles. The van der Waals surface area contributed by atoms with E-state index in [-0.39, 0.29) is 16.6 Å². The van der Waals surface area contributed by atoms with Crippen LogP contribution < -0.4 is 11.3 Å². The summed E-state index contributed by atoms with van der Waals surface area (Å²) in [7, 11) is 1.09. The number of hydrogen-bond donors (Lipinski definition) is 1. The highest BCUT2D eigenvalue weighted by Crippen LogP contribution is 2.34. The van der Waals surface area contributed by atoms with Crippen molar-refractivity contribution in [3.63, 3.8) is 0 Å². The summed E-state index contributed by atoms with van der Waals surface area (Å²) in [6.07, 6.45) is -2.74. The fourth-order valence-corrected chi connectivity index (χ4v) is 3.29. The van der Waals surface area contributed by atoms with Crippen LogP contribution in [0.15, 0.2) is 52.2 Å². The first-order chi connectivity index (χ1) is 13.2. The average Bonchev–Trinajstić information content (AvgIpc) is 2.67. The van der Waals surface area contributed by atoms with Gasteiger partial charge in [0.05, 0.1) is 23.9 Å². The molecular weight excluding hydrogens is 393 g/mol. The van der Waals surface area contributed by atoms with E-state index in [0.717, 1.165) is 34.8 Å². The summed E-state index contributed by atoms with van der Waals surface area (Å²) in [5.41, 5.74) is 3.76. The van der Waals surface area contributed by atoms with E-state index in [1.54, 1.807) is 24.3 Å². The molecule has 0 spiro atoms. The van der Waals surface area contributed by atoms with E-state index < -0.39 is 28.8 Å². The van der Waals surface area contributed by atoms with Crippen LogP contribution in [0.1, 0.15) is 15.9 Å². The Kier molecular flexibility index (Phi) is 5.12. The number of methoxy groups -OCH3 is 1. The molecule has 0 bridgehead atoms. The molecule has 0 aliphatic heterocycles. The first-order valence-electron chi connectivity index (χ1n) is 7.97. The minimum absolute atomic E-state index is 0.0538. The van der Waals surface area contributed by atoms with Crippen molar-refractivity contribution in [1.82, 2.24) is 4.57 Å². The maximum atomic E-state index is 13.2. The van der Waals surface area contributed by atoms with Crippen molar-refractivity contribution in [3.8, 4) is 5.69 Å². The van der Waals surface area contributed by atoms with Crippen LogP contribution in [0.25, 0.3) is 16.6 Å². The monoisotopic (exact) mass is 408 g/mol. The van der Waals surface area contributed by atoms with Crippen LogP contribution in [0.4, 0.5) is 18.9 Å². The van der Waals surface area contributed by atoms with Gasteiger partial charge in [-0.25, -0.2) is 4.79 Å². The fraction of sp³-hybridized carbons (Fsp3) is 0.158. The van der Waals surface area contributed by atoms with Crippen LogP contribution in [0.5, 0.6) is 0 Å². The summed E-state index contributed by atoms with van der Waals surface area (Å²) in [6.45, 7) is 0. The van der Waals surface area contributed by atoms with Gasteiger partial charge in [-0.1, -0.05) is 6.07 Å². The van der Waals surface area contributed by atoms with Gasteiger partial charge in [0, 0.05) is 16.0 Å². The Bertz CT molecular complexity index is 1120. The average molecular weight is 408 g/mol. The van der Waals surface area contributed by atoms with Gasteiger partial charge in [-0.2, -0.15) is 13.2 Å². The third kappa shape index (κ3) is 3.33. The number of rotatable bonds is 3. The van der Waals surface area contributed by atoms with Crippen molar-refractivity contribution in [2.24, 2.45) is 0 Å². The Hall–Kier alpha value is -2.94. The smallest absolute Gasteiger partial charge is 0.416 e. The Morgan fingerprint density at radius 1 is 1.14 bits per heavy atom. The van der Waals surface area contributed by atoms with Crippen molar-refractivity contribution in [2.45, 2.75) is 11.1 Å². The predicted molar refractivity (Wildman–Crippen MR) is 102 cm³/mol. The summed E-state index contributed by atoms with van der Waals surface area (Å²) < 4.78 is 45.3. The minimum Gasteiger partial charge on any atom is -0.465 e. The number of nitrogen functional groups attached to an aromatic ring is 1. The molecule has 1 heterocycles. The summed E-state index contributed by atoms with van der Waals surface area (Å²) in [5, 5.41) is 0.141. The van der Waals surface area contributed by atoms with Gasteiger partial charge in [0.25, 0.3) is 5.56 Å². The number of nitrogens with two attached hydrogens (primary N) is 1. The molecular formula is C19H15F3N2O3S. The summed E-state index contributed by atoms with van der Waals surface area (Å²) >= 11 is 1.47. The summed E-state index contributed by atoms with van der Waals surface area (Å²) in [5.74, 6) is -0.959. The molecule has 1 aromatic heterocycles. The number of carbonyl (C=O) groups excluding carboxylic acids is 1. The largest absolute Gasteiger partial charge is 0.465 e. The number of fused-ring (bicyclic) bond motifs is 1. The van der Waals surface area contributed by atoms with Crippen molar-refractivity contribution in [2.75, 3.05) is 19.1 Å². The van der Waals surface area contributed by atoms with E-state index in [1.165, 1.54) is 11.8 Å². The second-order valence-corrected chi connectivity index (χ2v) is 6.73. The lowest BCUT2D eigenvalue weighted by Crippen LogP contribution is -2.28. The zero-order chi connectivity index (χ0) is 20.6. The third-order valence-corrected chi connectivity index (χ3v) is 5.01. The van der Waals surface area contributed by atoms with Gasteiger partial charge in [-0.05, 0) is 42.7 Å². The number of halogens is 3. The molecule has 0 fully saturated rings. The molecule has 0 atom stereocenters. The van der Waals surface area contributed by atoms with E-state index in [0.29, 0.717) is 5.69 Å². The molecule has 0 aliphatic carbocycles. The molecule has 0 amide bonds. The van der Waals surface area contributed by atoms with Crippen LogP contribution in [-0.4, -0.2) is 23.9 Å². The quantitative estimate of drug-likeness (QED) is 0.522. The lowest BCUT2D eigenvalue weighted by Gasteiger charge is -2.17. The molecule has 9 heteroatoms. The molecule has 0 aliphatic rings. The molecule has 0 saturated heterocycles. The Morgan fingerprint density at radius 2 is 1.79 bits per heavy atom. The van der Waals surface area contributed by atoms with Crippen molar-refractivity contribution in [1.29, 1.82) is 0 Å². The van der Waals surface area contributed by atoms with Gasteiger partial charge in [0.1, 0.15) is 5.56 Å². The highest BCUT2D eigenvalue weighted by atomic mass is 32.2. The zero-order valence-electron chi connectivity index (χ0n) is 14.8. The number of pyridine rings is 1. The first kappa shape index (κ1) is 19.8. The van der Waals surface area contributed by atoms with E-state index in [9.17, 15) is 22.8 Å². The second-order valence-electron chi connectivity index (χ2n) is 5.85. The van der Waals surface area contributed by atoms with Gasteiger partial charge in [-0.3, -0.25) is 9.36 Å². The van der Waals surface area contributed by atoms with Crippen LogP contribution in [-0.2, 0) is 10.9 Å². The van der Waals surface area contributed by atoms with Gasteiger partial charge >= 0.3 is 12.1 Å². The Morgan fingerprint density at radius 3 is 2.32 bits per heavy atom. The summed E-state index contributed by atoms with van der Waals surface area (Å²) in [6, 6.07) is 9.46. The molecule has 3 aromatic rings. The van der Waals surface area contributed by atoms with Crippen molar-refractivity contribution >= 4 is 34.3 Å². The number of thioether (sulfide) groups is 1. The number of benzene rings is 2. The SMILES string of the molecule is COC(=O)c1c(N)c2ccc(C(F)(F)F)cc2n(-c2ccc(SC)cc2)c1=O. The number of nitrogens with zero attached hydrogens (tertiary/aromatic N) is 1. The van der Waals surface area contributed by atoms with Gasteiger partial charge in [0.2, 0.25) is 0 Å². The minimum atomic E-state index is -4.60. The number of esters is 1. The molecule has 0 unspecified atom stereocenters. The van der Waals surface area contributed by atoms with Crippen LogP contribution in [0.2, 0.25) is 0 Å². The topological polar surface area (TPSA) is 74.3 Å². The van der Waals surface area contributed by atoms with Crippen LogP contribution >= 0.6 is 11.8 Å². The maximum Gasteiger partial charge on any atom is 0.416 e. The molecule has 3 rings (SSSR count). The number of anilines is 1. The fourth-order valence-electron chi connectivity index (χ4n) is 2.88. The number of hydrogen-bond acceptors (Lipinski definition) is 5. The lowest BCUT2D eigenvalue weighted by molar-refractivity contribution is -0.137. The molecule has 2 N–H and O–H groups in total. The van der Waals surface area contributed by atoms with Crippen molar-refractivity contribution in [3.05, 3.63) is 63.9 Å². The van der Waals surface area contributed by atoms with E-state index in [1.807, 2.05) is 6.26 Å². The molecule has 0 radical (unpaired) electrons. The normalized spacial score (nSPS) is 11.6. The zero-order valence-corrected chi connectivity index (χ0v) is 15.6. The van der Waals surface area contributed by atoms with Gasteiger partial charge in [-0.15, -0.1) is 11.8 Å². The summed E-state index contributed by atoms with van der Waals surface area (Å²) in [4.78, 5) is 26.0. The highest BCUT2D eigenvalue weighted by molar-refractivity contribution is 7.98. The Labute approximate surface area is 161 Å². The maximum absolute atomic E-state index is 13.2. The van der Waals surface area contributed by atoms with Crippen LogP contribution in [0, 0.1) is 0 Å². The number of carbonyl (C=O) groups is 1. The number of ether oxygens (including phenoxy) is 1. The molecule has 2 aromatic carbocycles. The first-order valence-corrected chi connectivity index (χ1v) is 9.19.